The number of rotatable bonds is 6. The molecule has 0 aromatic heterocycles. The van der Waals surface area contributed by atoms with E-state index < -0.39 is 0 Å². The summed E-state index contributed by atoms with van der Waals surface area (Å²) in [6.45, 7) is 4.00. The highest BCUT2D eigenvalue weighted by Gasteiger charge is 2.19. The first-order valence-corrected chi connectivity index (χ1v) is 8.17. The largest absolute Gasteiger partial charge is 0.378 e. The van der Waals surface area contributed by atoms with Gasteiger partial charge in [0.05, 0.1) is 6.10 Å². The zero-order chi connectivity index (χ0) is 13.7. The summed E-state index contributed by atoms with van der Waals surface area (Å²) in [4.78, 5) is 0. The number of nitrogens with one attached hydrogen (secondary N) is 1. The minimum atomic E-state index is 0.315. The Balaban J connectivity index is 2.01. The van der Waals surface area contributed by atoms with Crippen molar-refractivity contribution in [2.45, 2.75) is 44.8 Å². The molecule has 1 N–H and O–H groups in total. The molecule has 1 aromatic carbocycles. The Hall–Kier alpha value is -0.0900. The average Bonchev–Trinajstić information content (AvgIpc) is 2.88. The van der Waals surface area contributed by atoms with Crippen molar-refractivity contribution in [3.8, 4) is 0 Å². The van der Waals surface area contributed by atoms with Gasteiger partial charge >= 0.3 is 0 Å². The molecule has 2 unspecified atom stereocenters. The van der Waals surface area contributed by atoms with Crippen LogP contribution in [0.3, 0.4) is 0 Å². The van der Waals surface area contributed by atoms with Gasteiger partial charge in [0.1, 0.15) is 0 Å². The Morgan fingerprint density at radius 2 is 2.37 bits per heavy atom. The van der Waals surface area contributed by atoms with Crippen LogP contribution in [0.4, 0.5) is 0 Å². The molecule has 0 spiro atoms. The summed E-state index contributed by atoms with van der Waals surface area (Å²) < 4.78 is 6.72. The van der Waals surface area contributed by atoms with Crippen LogP contribution in [-0.4, -0.2) is 19.3 Å². The molecule has 1 saturated heterocycles. The first-order chi connectivity index (χ1) is 9.20. The van der Waals surface area contributed by atoms with Gasteiger partial charge in [0.25, 0.3) is 0 Å². The quantitative estimate of drug-likeness (QED) is 0.805. The molecule has 1 aromatic rings. The van der Waals surface area contributed by atoms with Crippen LogP contribution in [0.5, 0.6) is 0 Å². The summed E-state index contributed by atoms with van der Waals surface area (Å²) in [6, 6.07) is 6.44. The Morgan fingerprint density at radius 3 is 3.00 bits per heavy atom. The molecular formula is C15H21BrClNO. The summed E-state index contributed by atoms with van der Waals surface area (Å²) in [5, 5.41) is 4.35. The van der Waals surface area contributed by atoms with Crippen molar-refractivity contribution in [3.63, 3.8) is 0 Å². The first kappa shape index (κ1) is 15.3. The molecule has 0 bridgehead atoms. The topological polar surface area (TPSA) is 21.3 Å². The number of halogens is 2. The maximum absolute atomic E-state index is 6.35. The molecule has 2 atom stereocenters. The zero-order valence-electron chi connectivity index (χ0n) is 11.3. The fourth-order valence-electron chi connectivity index (χ4n) is 2.62. The van der Waals surface area contributed by atoms with Crippen LogP contribution in [0.1, 0.15) is 44.2 Å². The van der Waals surface area contributed by atoms with Crippen molar-refractivity contribution >= 4 is 27.5 Å². The first-order valence-electron chi connectivity index (χ1n) is 7.00. The van der Waals surface area contributed by atoms with Crippen LogP contribution >= 0.6 is 27.5 Å². The van der Waals surface area contributed by atoms with E-state index in [1.54, 1.807) is 0 Å². The van der Waals surface area contributed by atoms with Gasteiger partial charge in [-0.25, -0.2) is 0 Å². The molecule has 2 nitrogen and oxygen atoms in total. The molecule has 2 rings (SSSR count). The molecule has 0 radical (unpaired) electrons. The van der Waals surface area contributed by atoms with Gasteiger partial charge < -0.3 is 10.1 Å². The van der Waals surface area contributed by atoms with Gasteiger partial charge in [-0.1, -0.05) is 40.5 Å². The average molecular weight is 347 g/mol. The van der Waals surface area contributed by atoms with E-state index >= 15 is 0 Å². The van der Waals surface area contributed by atoms with Crippen molar-refractivity contribution in [3.05, 3.63) is 33.3 Å². The van der Waals surface area contributed by atoms with Crippen molar-refractivity contribution in [2.24, 2.45) is 0 Å². The van der Waals surface area contributed by atoms with E-state index in [-0.39, 0.29) is 0 Å². The molecule has 106 valence electrons. The van der Waals surface area contributed by atoms with Gasteiger partial charge in [-0.05, 0) is 49.9 Å². The summed E-state index contributed by atoms with van der Waals surface area (Å²) in [5.41, 5.74) is 1.18. The minimum Gasteiger partial charge on any atom is -0.378 e. The summed E-state index contributed by atoms with van der Waals surface area (Å²) in [7, 11) is 0. The van der Waals surface area contributed by atoms with E-state index in [4.69, 9.17) is 16.3 Å². The number of ether oxygens (including phenoxy) is 1. The third-order valence-electron chi connectivity index (χ3n) is 3.59. The Bertz CT molecular complexity index is 407. The highest BCUT2D eigenvalue weighted by Crippen LogP contribution is 2.30. The monoisotopic (exact) mass is 345 g/mol. The molecule has 1 fully saturated rings. The van der Waals surface area contributed by atoms with E-state index in [1.165, 1.54) is 18.4 Å². The van der Waals surface area contributed by atoms with Gasteiger partial charge in [0, 0.05) is 22.1 Å². The molecule has 0 saturated carbocycles. The molecule has 0 aliphatic carbocycles. The van der Waals surface area contributed by atoms with Gasteiger partial charge in [-0.2, -0.15) is 0 Å². The van der Waals surface area contributed by atoms with E-state index in [9.17, 15) is 0 Å². The lowest BCUT2D eigenvalue weighted by molar-refractivity contribution is 0.0996. The van der Waals surface area contributed by atoms with Crippen LogP contribution in [0, 0.1) is 0 Å². The van der Waals surface area contributed by atoms with Gasteiger partial charge in [0.15, 0.2) is 0 Å². The van der Waals surface area contributed by atoms with Gasteiger partial charge in [0.2, 0.25) is 0 Å². The Kier molecular flexibility index (Phi) is 6.14. The fourth-order valence-corrected chi connectivity index (χ4v) is 3.43. The van der Waals surface area contributed by atoms with Crippen molar-refractivity contribution in [1.82, 2.24) is 5.32 Å². The lowest BCUT2D eigenvalue weighted by Crippen LogP contribution is -2.22. The van der Waals surface area contributed by atoms with Crippen LogP contribution in [0.15, 0.2) is 22.7 Å². The van der Waals surface area contributed by atoms with Gasteiger partial charge in [-0.15, -0.1) is 0 Å². The molecular weight excluding hydrogens is 326 g/mol. The highest BCUT2D eigenvalue weighted by atomic mass is 79.9. The summed E-state index contributed by atoms with van der Waals surface area (Å²) in [6.07, 6.45) is 5.02. The van der Waals surface area contributed by atoms with Crippen LogP contribution in [-0.2, 0) is 4.74 Å². The van der Waals surface area contributed by atoms with Crippen LogP contribution < -0.4 is 5.32 Å². The lowest BCUT2D eigenvalue weighted by atomic mass is 9.99. The second-order valence-electron chi connectivity index (χ2n) is 4.99. The van der Waals surface area contributed by atoms with Crippen LogP contribution in [0.25, 0.3) is 0 Å². The highest BCUT2D eigenvalue weighted by molar-refractivity contribution is 9.10. The Labute approximate surface area is 129 Å². The standard InChI is InChI=1S/C15H21BrClNO/c1-2-18-15(8-6-12-4-3-9-19-12)13-7-5-11(16)10-14(13)17/h5,7,10,12,15,18H,2-4,6,8-9H2,1H3. The molecule has 19 heavy (non-hydrogen) atoms. The zero-order valence-corrected chi connectivity index (χ0v) is 13.6. The minimum absolute atomic E-state index is 0.315. The normalized spacial score (nSPS) is 20.7. The second kappa shape index (κ2) is 7.63. The molecule has 1 aliphatic heterocycles. The third kappa shape index (κ3) is 4.45. The van der Waals surface area contributed by atoms with Crippen molar-refractivity contribution in [2.75, 3.05) is 13.2 Å². The van der Waals surface area contributed by atoms with Crippen LogP contribution in [0.2, 0.25) is 5.02 Å². The van der Waals surface area contributed by atoms with E-state index in [0.29, 0.717) is 12.1 Å². The van der Waals surface area contributed by atoms with E-state index in [2.05, 4.69) is 40.3 Å². The predicted octanol–water partition coefficient (Wildman–Crippen LogP) is 4.71. The number of hydrogen-bond acceptors (Lipinski definition) is 2. The van der Waals surface area contributed by atoms with E-state index in [0.717, 1.165) is 35.5 Å². The Morgan fingerprint density at radius 1 is 1.53 bits per heavy atom. The fraction of sp³-hybridized carbons (Fsp3) is 0.600. The second-order valence-corrected chi connectivity index (χ2v) is 6.31. The molecule has 4 heteroatoms. The SMILES string of the molecule is CCNC(CCC1CCCO1)c1ccc(Br)cc1Cl. The third-order valence-corrected chi connectivity index (χ3v) is 4.41. The maximum Gasteiger partial charge on any atom is 0.0576 e. The van der Waals surface area contributed by atoms with E-state index in [1.807, 2.05) is 6.07 Å². The molecule has 1 aliphatic rings. The smallest absolute Gasteiger partial charge is 0.0576 e. The molecule has 1 heterocycles. The number of hydrogen-bond donors (Lipinski definition) is 1. The maximum atomic E-state index is 6.35. The number of benzene rings is 1. The summed E-state index contributed by atoms with van der Waals surface area (Å²) in [5.74, 6) is 0. The lowest BCUT2D eigenvalue weighted by Gasteiger charge is -2.21. The predicted molar refractivity (Wildman–Crippen MR) is 83.8 cm³/mol. The van der Waals surface area contributed by atoms with Gasteiger partial charge in [-0.3, -0.25) is 0 Å². The van der Waals surface area contributed by atoms with Crippen molar-refractivity contribution in [1.29, 1.82) is 0 Å². The molecule has 0 amide bonds. The van der Waals surface area contributed by atoms with Crippen molar-refractivity contribution < 1.29 is 4.74 Å². The summed E-state index contributed by atoms with van der Waals surface area (Å²) >= 11 is 9.81.